The normalized spacial score (nSPS) is 15.6. The summed E-state index contributed by atoms with van der Waals surface area (Å²) in [5.74, 6) is 1.79. The lowest BCUT2D eigenvalue weighted by molar-refractivity contribution is -0.129. The third-order valence-electron chi connectivity index (χ3n) is 4.77. The standard InChI is InChI=1S/C18H19ClN6O/c1-11-7-15(16-9-21-18-20-8-14(19)10-25(16)18)23-17(22-11)13-3-5-24(6-4-13)12(2)26/h7-10,13H,3-6H2,1-2H3. The van der Waals surface area contributed by atoms with Crippen LogP contribution >= 0.6 is 11.6 Å². The summed E-state index contributed by atoms with van der Waals surface area (Å²) in [4.78, 5) is 31.4. The molecule has 1 aliphatic rings. The van der Waals surface area contributed by atoms with Crippen molar-refractivity contribution in [3.05, 3.63) is 41.2 Å². The minimum atomic E-state index is 0.129. The van der Waals surface area contributed by atoms with Gasteiger partial charge in [0.15, 0.2) is 0 Å². The Labute approximate surface area is 156 Å². The monoisotopic (exact) mass is 370 g/mol. The van der Waals surface area contributed by atoms with E-state index in [1.807, 2.05) is 22.3 Å². The Morgan fingerprint density at radius 3 is 2.65 bits per heavy atom. The molecular weight excluding hydrogens is 352 g/mol. The summed E-state index contributed by atoms with van der Waals surface area (Å²) in [6.45, 7) is 5.09. The zero-order valence-corrected chi connectivity index (χ0v) is 15.4. The van der Waals surface area contributed by atoms with Gasteiger partial charge >= 0.3 is 0 Å². The van der Waals surface area contributed by atoms with Gasteiger partial charge < -0.3 is 4.90 Å². The molecule has 1 aliphatic heterocycles. The first-order valence-corrected chi connectivity index (χ1v) is 8.99. The minimum Gasteiger partial charge on any atom is -0.343 e. The number of rotatable bonds is 2. The van der Waals surface area contributed by atoms with E-state index >= 15 is 0 Å². The molecule has 0 unspecified atom stereocenters. The molecule has 8 heteroatoms. The topological polar surface area (TPSA) is 76.3 Å². The number of aryl methyl sites for hydroxylation is 1. The third kappa shape index (κ3) is 3.14. The molecule has 1 amide bonds. The summed E-state index contributed by atoms with van der Waals surface area (Å²) in [7, 11) is 0. The maximum atomic E-state index is 11.5. The van der Waals surface area contributed by atoms with Crippen LogP contribution in [-0.4, -0.2) is 48.2 Å². The zero-order valence-electron chi connectivity index (χ0n) is 14.7. The number of carbonyl (C=O) groups excluding carboxylic acids is 1. The van der Waals surface area contributed by atoms with E-state index in [1.165, 1.54) is 0 Å². The van der Waals surface area contributed by atoms with Crippen LogP contribution in [0.4, 0.5) is 0 Å². The van der Waals surface area contributed by atoms with Crippen molar-refractivity contribution in [1.82, 2.24) is 29.2 Å². The van der Waals surface area contributed by atoms with Crippen LogP contribution < -0.4 is 0 Å². The van der Waals surface area contributed by atoms with E-state index in [0.29, 0.717) is 10.8 Å². The number of hydrogen-bond acceptors (Lipinski definition) is 5. The Morgan fingerprint density at radius 2 is 1.92 bits per heavy atom. The van der Waals surface area contributed by atoms with Crippen molar-refractivity contribution in [2.75, 3.05) is 13.1 Å². The van der Waals surface area contributed by atoms with Gasteiger partial charge in [-0.25, -0.2) is 19.9 Å². The fraction of sp³-hybridized carbons (Fsp3) is 0.389. The van der Waals surface area contributed by atoms with Crippen molar-refractivity contribution >= 4 is 23.3 Å². The van der Waals surface area contributed by atoms with Crippen molar-refractivity contribution < 1.29 is 4.79 Å². The van der Waals surface area contributed by atoms with Gasteiger partial charge in [-0.1, -0.05) is 11.6 Å². The molecule has 0 aromatic carbocycles. The van der Waals surface area contributed by atoms with Crippen molar-refractivity contribution in [2.45, 2.75) is 32.6 Å². The van der Waals surface area contributed by atoms with Gasteiger partial charge in [-0.05, 0) is 25.8 Å². The summed E-state index contributed by atoms with van der Waals surface area (Å²) in [5.41, 5.74) is 2.55. The Morgan fingerprint density at radius 1 is 1.19 bits per heavy atom. The van der Waals surface area contributed by atoms with Gasteiger partial charge in [-0.15, -0.1) is 0 Å². The molecule has 3 aromatic rings. The molecule has 1 saturated heterocycles. The maximum Gasteiger partial charge on any atom is 0.234 e. The van der Waals surface area contributed by atoms with E-state index in [4.69, 9.17) is 16.6 Å². The predicted molar refractivity (Wildman–Crippen MR) is 98.0 cm³/mol. The van der Waals surface area contributed by atoms with Gasteiger partial charge in [-0.2, -0.15) is 0 Å². The van der Waals surface area contributed by atoms with E-state index in [1.54, 1.807) is 25.5 Å². The quantitative estimate of drug-likeness (QED) is 0.693. The lowest BCUT2D eigenvalue weighted by Crippen LogP contribution is -2.36. The van der Waals surface area contributed by atoms with Gasteiger partial charge in [0.25, 0.3) is 0 Å². The Bertz CT molecular complexity index is 977. The van der Waals surface area contributed by atoms with Crippen LogP contribution in [0.3, 0.4) is 0 Å². The Hall–Kier alpha value is -2.54. The van der Waals surface area contributed by atoms with Crippen molar-refractivity contribution in [2.24, 2.45) is 0 Å². The number of aromatic nitrogens is 5. The third-order valence-corrected chi connectivity index (χ3v) is 4.97. The predicted octanol–water partition coefficient (Wildman–Crippen LogP) is 2.87. The summed E-state index contributed by atoms with van der Waals surface area (Å²) in [5, 5.41) is 0.541. The molecule has 4 heterocycles. The minimum absolute atomic E-state index is 0.129. The smallest absolute Gasteiger partial charge is 0.234 e. The van der Waals surface area contributed by atoms with Gasteiger partial charge in [0.1, 0.15) is 5.82 Å². The van der Waals surface area contributed by atoms with Crippen LogP contribution in [0.5, 0.6) is 0 Å². The number of likely N-dealkylation sites (tertiary alicyclic amines) is 1. The highest BCUT2D eigenvalue weighted by Gasteiger charge is 2.24. The fourth-order valence-corrected chi connectivity index (χ4v) is 3.54. The summed E-state index contributed by atoms with van der Waals surface area (Å²) in [6, 6.07) is 1.94. The molecule has 26 heavy (non-hydrogen) atoms. The van der Waals surface area contributed by atoms with E-state index < -0.39 is 0 Å². The molecule has 134 valence electrons. The van der Waals surface area contributed by atoms with Gasteiger partial charge in [0.05, 0.1) is 28.8 Å². The number of imidazole rings is 1. The highest BCUT2D eigenvalue weighted by atomic mass is 35.5. The number of piperidine rings is 1. The number of carbonyl (C=O) groups is 1. The van der Waals surface area contributed by atoms with Crippen LogP contribution in [0, 0.1) is 6.92 Å². The summed E-state index contributed by atoms with van der Waals surface area (Å²) in [6.07, 6.45) is 6.87. The first-order valence-electron chi connectivity index (χ1n) is 8.61. The first-order chi connectivity index (χ1) is 12.5. The molecule has 0 N–H and O–H groups in total. The molecule has 0 bridgehead atoms. The fourth-order valence-electron chi connectivity index (χ4n) is 3.40. The average Bonchev–Trinajstić information content (AvgIpc) is 3.04. The molecule has 3 aromatic heterocycles. The molecule has 0 spiro atoms. The first kappa shape index (κ1) is 16.9. The average molecular weight is 371 g/mol. The van der Waals surface area contributed by atoms with Crippen LogP contribution in [0.15, 0.2) is 24.7 Å². The van der Waals surface area contributed by atoms with Crippen molar-refractivity contribution in [3.63, 3.8) is 0 Å². The van der Waals surface area contributed by atoms with Gasteiger partial charge in [0.2, 0.25) is 11.7 Å². The molecular formula is C18H19ClN6O. The van der Waals surface area contributed by atoms with Crippen LogP contribution in [0.2, 0.25) is 5.02 Å². The summed E-state index contributed by atoms with van der Waals surface area (Å²) >= 11 is 6.08. The highest BCUT2D eigenvalue weighted by molar-refractivity contribution is 6.30. The maximum absolute atomic E-state index is 11.5. The van der Waals surface area contributed by atoms with Gasteiger partial charge in [0, 0.05) is 37.8 Å². The molecule has 0 aliphatic carbocycles. The molecule has 0 radical (unpaired) electrons. The molecule has 0 atom stereocenters. The number of fused-ring (bicyclic) bond motifs is 1. The van der Waals surface area contributed by atoms with Crippen LogP contribution in [0.25, 0.3) is 17.2 Å². The van der Waals surface area contributed by atoms with E-state index in [2.05, 4.69) is 15.0 Å². The van der Waals surface area contributed by atoms with Crippen molar-refractivity contribution in [3.8, 4) is 11.4 Å². The Kier molecular flexibility index (Phi) is 4.32. The second-order valence-corrected chi connectivity index (χ2v) is 7.06. The van der Waals surface area contributed by atoms with Gasteiger partial charge in [-0.3, -0.25) is 9.20 Å². The number of amides is 1. The molecule has 7 nitrogen and oxygen atoms in total. The molecule has 4 rings (SSSR count). The highest BCUT2D eigenvalue weighted by Crippen LogP contribution is 2.28. The number of halogens is 1. The number of hydrogen-bond donors (Lipinski definition) is 0. The lowest BCUT2D eigenvalue weighted by Gasteiger charge is -2.30. The van der Waals surface area contributed by atoms with Crippen LogP contribution in [-0.2, 0) is 4.79 Å². The Balaban J connectivity index is 1.68. The molecule has 0 saturated carbocycles. The molecule has 1 fully saturated rings. The SMILES string of the molecule is CC(=O)N1CCC(c2nc(C)cc(-c3cnc4ncc(Cl)cn34)n2)CC1. The van der Waals surface area contributed by atoms with E-state index in [0.717, 1.165) is 48.8 Å². The lowest BCUT2D eigenvalue weighted by atomic mass is 9.95. The second-order valence-electron chi connectivity index (χ2n) is 6.62. The summed E-state index contributed by atoms with van der Waals surface area (Å²) < 4.78 is 1.84. The van der Waals surface area contributed by atoms with Crippen molar-refractivity contribution in [1.29, 1.82) is 0 Å². The zero-order chi connectivity index (χ0) is 18.3. The number of nitrogens with zero attached hydrogens (tertiary/aromatic N) is 6. The van der Waals surface area contributed by atoms with E-state index in [-0.39, 0.29) is 11.8 Å². The van der Waals surface area contributed by atoms with Crippen LogP contribution in [0.1, 0.15) is 37.2 Å². The second kappa shape index (κ2) is 6.64. The van der Waals surface area contributed by atoms with E-state index in [9.17, 15) is 4.79 Å². The largest absolute Gasteiger partial charge is 0.343 e.